The molecule has 0 spiro atoms. The number of carboxylic acids is 1. The molecule has 0 saturated carbocycles. The van der Waals surface area contributed by atoms with Gasteiger partial charge >= 0.3 is 5.97 Å². The number of nitrogens with zero attached hydrogens (tertiary/aromatic N) is 1. The van der Waals surface area contributed by atoms with E-state index in [0.29, 0.717) is 19.4 Å². The Morgan fingerprint density at radius 1 is 1.17 bits per heavy atom. The molecule has 1 N–H and O–H groups in total. The Balaban J connectivity index is 2.07. The zero-order valence-corrected chi connectivity index (χ0v) is 10.8. The Hall–Kier alpha value is -1.10. The topological polar surface area (TPSA) is 66.8 Å². The largest absolute Gasteiger partial charge is 0.480 e. The van der Waals surface area contributed by atoms with Crippen LogP contribution in [-0.4, -0.2) is 46.7 Å². The lowest BCUT2D eigenvalue weighted by atomic mass is 10.1. The van der Waals surface area contributed by atoms with Crippen molar-refractivity contribution < 1.29 is 19.4 Å². The van der Waals surface area contributed by atoms with Gasteiger partial charge < -0.3 is 14.7 Å². The van der Waals surface area contributed by atoms with Crippen LogP contribution >= 0.6 is 0 Å². The van der Waals surface area contributed by atoms with Crippen molar-refractivity contribution in [3.8, 4) is 0 Å². The summed E-state index contributed by atoms with van der Waals surface area (Å²) >= 11 is 0. The summed E-state index contributed by atoms with van der Waals surface area (Å²) in [4.78, 5) is 25.1. The lowest BCUT2D eigenvalue weighted by Gasteiger charge is -2.29. The quantitative estimate of drug-likeness (QED) is 0.810. The third-order valence-corrected chi connectivity index (χ3v) is 3.83. The number of rotatable bonds is 2. The Labute approximate surface area is 107 Å². The van der Waals surface area contributed by atoms with E-state index in [1.807, 2.05) is 6.92 Å². The normalized spacial score (nSPS) is 33.2. The number of ether oxygens (including phenoxy) is 1. The first-order chi connectivity index (χ1) is 8.59. The van der Waals surface area contributed by atoms with E-state index in [-0.39, 0.29) is 12.0 Å². The fourth-order valence-electron chi connectivity index (χ4n) is 2.80. The monoisotopic (exact) mass is 255 g/mol. The molecular formula is C13H21NO4. The van der Waals surface area contributed by atoms with E-state index in [1.165, 1.54) is 4.90 Å². The van der Waals surface area contributed by atoms with E-state index < -0.39 is 18.1 Å². The highest BCUT2D eigenvalue weighted by molar-refractivity contribution is 5.86. The number of hydrogen-bond acceptors (Lipinski definition) is 3. The second-order valence-corrected chi connectivity index (χ2v) is 5.25. The number of amides is 1. The van der Waals surface area contributed by atoms with E-state index in [2.05, 4.69) is 0 Å². The number of hydrogen-bond donors (Lipinski definition) is 1. The van der Waals surface area contributed by atoms with E-state index in [0.717, 1.165) is 25.7 Å². The minimum atomic E-state index is -0.892. The third kappa shape index (κ3) is 2.83. The van der Waals surface area contributed by atoms with Crippen LogP contribution in [0, 0.1) is 0 Å². The molecule has 2 aliphatic rings. The average molecular weight is 255 g/mol. The summed E-state index contributed by atoms with van der Waals surface area (Å²) in [6.45, 7) is 2.49. The van der Waals surface area contributed by atoms with Crippen molar-refractivity contribution in [2.45, 2.75) is 63.7 Å². The number of carboxylic acid groups (broad SMARTS) is 1. The Bertz CT molecular complexity index is 331. The van der Waals surface area contributed by atoms with Crippen LogP contribution in [0.1, 0.15) is 45.4 Å². The molecule has 0 radical (unpaired) electrons. The molecule has 0 aromatic rings. The summed E-state index contributed by atoms with van der Waals surface area (Å²) in [5, 5.41) is 9.24. The van der Waals surface area contributed by atoms with Crippen molar-refractivity contribution in [1.29, 1.82) is 0 Å². The molecule has 3 unspecified atom stereocenters. The molecule has 2 aliphatic heterocycles. The Morgan fingerprint density at radius 3 is 2.56 bits per heavy atom. The third-order valence-electron chi connectivity index (χ3n) is 3.83. The molecule has 1 amide bonds. The van der Waals surface area contributed by atoms with Crippen LogP contribution in [0.25, 0.3) is 0 Å². The molecule has 2 rings (SSSR count). The first-order valence-corrected chi connectivity index (χ1v) is 6.78. The molecule has 0 bridgehead atoms. The van der Waals surface area contributed by atoms with Gasteiger partial charge in [-0.05, 0) is 32.6 Å². The lowest BCUT2D eigenvalue weighted by molar-refractivity contribution is -0.155. The van der Waals surface area contributed by atoms with Gasteiger partial charge in [-0.1, -0.05) is 12.8 Å². The average Bonchev–Trinajstić information content (AvgIpc) is 2.63. The molecule has 5 nitrogen and oxygen atoms in total. The molecular weight excluding hydrogens is 234 g/mol. The highest BCUT2D eigenvalue weighted by atomic mass is 16.5. The maximum Gasteiger partial charge on any atom is 0.326 e. The van der Waals surface area contributed by atoms with Gasteiger partial charge in [-0.15, -0.1) is 0 Å². The van der Waals surface area contributed by atoms with Gasteiger partial charge in [0.05, 0.1) is 6.10 Å². The van der Waals surface area contributed by atoms with Crippen LogP contribution in [0.5, 0.6) is 0 Å². The van der Waals surface area contributed by atoms with Crippen molar-refractivity contribution in [3.05, 3.63) is 0 Å². The first kappa shape index (κ1) is 13.3. The standard InChI is InChI=1S/C13H21NO4/c1-9-6-7-11(18-9)12(15)14-8-4-2-3-5-10(14)13(16)17/h9-11H,2-8H2,1H3,(H,16,17). The van der Waals surface area contributed by atoms with Crippen molar-refractivity contribution in [3.63, 3.8) is 0 Å². The van der Waals surface area contributed by atoms with Crippen LogP contribution in [0.3, 0.4) is 0 Å². The van der Waals surface area contributed by atoms with E-state index in [9.17, 15) is 14.7 Å². The fourth-order valence-corrected chi connectivity index (χ4v) is 2.80. The second kappa shape index (κ2) is 5.69. The van der Waals surface area contributed by atoms with Crippen molar-refractivity contribution >= 4 is 11.9 Å². The molecule has 2 fully saturated rings. The summed E-state index contributed by atoms with van der Waals surface area (Å²) in [5.74, 6) is -1.02. The maximum atomic E-state index is 12.4. The van der Waals surface area contributed by atoms with Crippen LogP contribution in [-0.2, 0) is 14.3 Å². The zero-order chi connectivity index (χ0) is 13.1. The van der Waals surface area contributed by atoms with Gasteiger partial charge in [-0.2, -0.15) is 0 Å². The highest BCUT2D eigenvalue weighted by Gasteiger charge is 2.37. The Morgan fingerprint density at radius 2 is 1.94 bits per heavy atom. The van der Waals surface area contributed by atoms with Crippen molar-refractivity contribution in [2.75, 3.05) is 6.54 Å². The summed E-state index contributed by atoms with van der Waals surface area (Å²) < 4.78 is 5.56. The molecule has 102 valence electrons. The van der Waals surface area contributed by atoms with Crippen molar-refractivity contribution in [1.82, 2.24) is 4.90 Å². The van der Waals surface area contributed by atoms with Crippen LogP contribution in [0.15, 0.2) is 0 Å². The van der Waals surface area contributed by atoms with Gasteiger partial charge in [0.2, 0.25) is 0 Å². The summed E-state index contributed by atoms with van der Waals surface area (Å²) in [6.07, 6.45) is 4.58. The summed E-state index contributed by atoms with van der Waals surface area (Å²) in [5.41, 5.74) is 0. The summed E-state index contributed by atoms with van der Waals surface area (Å²) in [7, 11) is 0. The molecule has 0 aliphatic carbocycles. The minimum Gasteiger partial charge on any atom is -0.480 e. The SMILES string of the molecule is CC1CCC(C(=O)N2CCCCCC2C(=O)O)O1. The molecule has 0 aromatic heterocycles. The highest BCUT2D eigenvalue weighted by Crippen LogP contribution is 2.24. The smallest absolute Gasteiger partial charge is 0.326 e. The molecule has 18 heavy (non-hydrogen) atoms. The Kier molecular flexibility index (Phi) is 4.22. The van der Waals surface area contributed by atoms with E-state index in [1.54, 1.807) is 0 Å². The first-order valence-electron chi connectivity index (χ1n) is 6.78. The number of carbonyl (C=O) groups excluding carboxylic acids is 1. The second-order valence-electron chi connectivity index (χ2n) is 5.25. The van der Waals surface area contributed by atoms with Crippen LogP contribution in [0.4, 0.5) is 0 Å². The van der Waals surface area contributed by atoms with Crippen molar-refractivity contribution in [2.24, 2.45) is 0 Å². The molecule has 2 heterocycles. The number of aliphatic carboxylic acids is 1. The molecule has 2 saturated heterocycles. The summed E-state index contributed by atoms with van der Waals surface area (Å²) in [6, 6.07) is -0.667. The van der Waals surface area contributed by atoms with Gasteiger partial charge in [0, 0.05) is 6.54 Å². The van der Waals surface area contributed by atoms with E-state index >= 15 is 0 Å². The maximum absolute atomic E-state index is 12.4. The molecule has 0 aromatic carbocycles. The molecule has 5 heteroatoms. The van der Waals surface area contributed by atoms with Gasteiger partial charge in [0.15, 0.2) is 0 Å². The van der Waals surface area contributed by atoms with Gasteiger partial charge in [-0.3, -0.25) is 4.79 Å². The van der Waals surface area contributed by atoms with Crippen LogP contribution in [0.2, 0.25) is 0 Å². The predicted molar refractivity (Wildman–Crippen MR) is 65.2 cm³/mol. The lowest BCUT2D eigenvalue weighted by Crippen LogP contribution is -2.48. The minimum absolute atomic E-state index is 0.106. The molecule has 3 atom stereocenters. The number of carbonyl (C=O) groups is 2. The fraction of sp³-hybridized carbons (Fsp3) is 0.846. The van der Waals surface area contributed by atoms with Gasteiger partial charge in [0.25, 0.3) is 5.91 Å². The predicted octanol–water partition coefficient (Wildman–Crippen LogP) is 1.41. The zero-order valence-electron chi connectivity index (χ0n) is 10.8. The van der Waals surface area contributed by atoms with Gasteiger partial charge in [-0.25, -0.2) is 4.79 Å². The van der Waals surface area contributed by atoms with Gasteiger partial charge in [0.1, 0.15) is 12.1 Å². The van der Waals surface area contributed by atoms with E-state index in [4.69, 9.17) is 4.74 Å². The number of likely N-dealkylation sites (tertiary alicyclic amines) is 1. The van der Waals surface area contributed by atoms with Crippen LogP contribution < -0.4 is 0 Å².